The van der Waals surface area contributed by atoms with Crippen molar-refractivity contribution in [2.24, 2.45) is 4.99 Å². The van der Waals surface area contributed by atoms with Gasteiger partial charge in [-0.05, 0) is 39.1 Å². The summed E-state index contributed by atoms with van der Waals surface area (Å²) in [6.45, 7) is 3.02. The number of nitro groups is 1. The molecule has 8 heteroatoms. The highest BCUT2D eigenvalue weighted by atomic mass is 32.2. The average Bonchev–Trinajstić information content (AvgIpc) is 3.16. The lowest BCUT2D eigenvalue weighted by atomic mass is 10.4. The number of rotatable bonds is 9. The van der Waals surface area contributed by atoms with Gasteiger partial charge in [-0.2, -0.15) is 11.8 Å². The molecular formula is C16H26N4O3S. The van der Waals surface area contributed by atoms with Gasteiger partial charge in [-0.1, -0.05) is 0 Å². The molecule has 0 saturated carbocycles. The van der Waals surface area contributed by atoms with Crippen molar-refractivity contribution in [1.82, 2.24) is 9.80 Å². The molecule has 0 aliphatic carbocycles. The highest BCUT2D eigenvalue weighted by Crippen LogP contribution is 2.16. The van der Waals surface area contributed by atoms with Crippen molar-refractivity contribution in [3.05, 3.63) is 33.8 Å². The van der Waals surface area contributed by atoms with E-state index in [0.29, 0.717) is 12.4 Å². The smallest absolute Gasteiger partial charge is 0.260 e. The predicted molar refractivity (Wildman–Crippen MR) is 97.2 cm³/mol. The van der Waals surface area contributed by atoms with Gasteiger partial charge in [-0.25, -0.2) is 0 Å². The normalized spacial score (nSPS) is 15.5. The van der Waals surface area contributed by atoms with E-state index in [1.807, 2.05) is 31.1 Å². The Kier molecular flexibility index (Phi) is 7.58. The maximum absolute atomic E-state index is 10.8. The molecule has 0 N–H and O–H groups in total. The van der Waals surface area contributed by atoms with Crippen molar-refractivity contribution < 1.29 is 9.34 Å². The lowest BCUT2D eigenvalue weighted by Gasteiger charge is -2.16. The number of thioether (sulfide) groups is 1. The van der Waals surface area contributed by atoms with E-state index in [2.05, 4.69) is 9.89 Å². The summed E-state index contributed by atoms with van der Waals surface area (Å²) in [7, 11) is 4.02. The van der Waals surface area contributed by atoms with Crippen LogP contribution in [-0.2, 0) is 12.3 Å². The summed E-state index contributed by atoms with van der Waals surface area (Å²) in [6.07, 6.45) is 2.19. The van der Waals surface area contributed by atoms with Crippen molar-refractivity contribution in [2.45, 2.75) is 25.1 Å². The third-order valence-electron chi connectivity index (χ3n) is 3.71. The van der Waals surface area contributed by atoms with Crippen molar-refractivity contribution in [1.29, 1.82) is 0 Å². The van der Waals surface area contributed by atoms with E-state index < -0.39 is 0 Å². The zero-order chi connectivity index (χ0) is 17.4. The van der Waals surface area contributed by atoms with Crippen LogP contribution in [0.25, 0.3) is 0 Å². The van der Waals surface area contributed by atoms with Gasteiger partial charge >= 0.3 is 0 Å². The second kappa shape index (κ2) is 9.68. The summed E-state index contributed by atoms with van der Waals surface area (Å²) < 4.78 is 5.76. The maximum Gasteiger partial charge on any atom is 0.260 e. The Hall–Kier alpha value is -1.54. The quantitative estimate of drug-likeness (QED) is 0.223. The molecule has 1 aromatic rings. The topological polar surface area (TPSA) is 75.1 Å². The van der Waals surface area contributed by atoms with E-state index in [4.69, 9.17) is 4.42 Å². The minimum absolute atomic E-state index is 0.170. The summed E-state index contributed by atoms with van der Waals surface area (Å²) in [5.74, 6) is 4.20. The zero-order valence-corrected chi connectivity index (χ0v) is 15.3. The number of hydrogen-bond donors (Lipinski definition) is 0. The van der Waals surface area contributed by atoms with Gasteiger partial charge in [-0.3, -0.25) is 15.1 Å². The Labute approximate surface area is 147 Å². The number of nitrogens with zero attached hydrogens (tertiary/aromatic N) is 4. The van der Waals surface area contributed by atoms with Crippen LogP contribution in [-0.4, -0.2) is 66.6 Å². The number of hydrogen-bond acceptors (Lipinski definition) is 6. The van der Waals surface area contributed by atoms with Gasteiger partial charge < -0.3 is 14.2 Å². The van der Waals surface area contributed by atoms with Crippen LogP contribution in [0.4, 0.5) is 0 Å². The van der Waals surface area contributed by atoms with Crippen LogP contribution in [0.2, 0.25) is 0 Å². The first-order valence-electron chi connectivity index (χ1n) is 8.24. The lowest BCUT2D eigenvalue weighted by molar-refractivity contribution is -0.464. The van der Waals surface area contributed by atoms with Crippen LogP contribution in [0.5, 0.6) is 0 Å². The molecule has 1 aliphatic heterocycles. The molecule has 1 fully saturated rings. The standard InChI is InChI=1S/C16H26N4O3S/c1-18(2)11-14-5-6-15(23-14)13-24-10-7-17-16(12-20(21)22)19-8-3-4-9-19/h5-6H,3-4,7-13H2,1-2H3. The van der Waals surface area contributed by atoms with Gasteiger partial charge in [0.15, 0.2) is 5.84 Å². The van der Waals surface area contributed by atoms with Gasteiger partial charge in [0.2, 0.25) is 0 Å². The molecule has 0 aromatic carbocycles. The van der Waals surface area contributed by atoms with Crippen LogP contribution in [0.15, 0.2) is 21.5 Å². The van der Waals surface area contributed by atoms with Crippen LogP contribution >= 0.6 is 11.8 Å². The minimum atomic E-state index is -0.292. The Morgan fingerprint density at radius 2 is 2.08 bits per heavy atom. The van der Waals surface area contributed by atoms with Gasteiger partial charge in [0.25, 0.3) is 6.54 Å². The van der Waals surface area contributed by atoms with E-state index >= 15 is 0 Å². The van der Waals surface area contributed by atoms with Gasteiger partial charge in [0, 0.05) is 23.8 Å². The predicted octanol–water partition coefficient (Wildman–Crippen LogP) is 2.35. The zero-order valence-electron chi connectivity index (χ0n) is 14.4. The second-order valence-electron chi connectivity index (χ2n) is 6.14. The molecule has 0 atom stereocenters. The molecule has 2 rings (SSSR count). The maximum atomic E-state index is 10.8. The molecule has 0 radical (unpaired) electrons. The summed E-state index contributed by atoms with van der Waals surface area (Å²) >= 11 is 1.74. The first kappa shape index (κ1) is 18.8. The summed E-state index contributed by atoms with van der Waals surface area (Å²) in [6, 6.07) is 4.02. The van der Waals surface area contributed by atoms with E-state index in [0.717, 1.165) is 55.5 Å². The lowest BCUT2D eigenvalue weighted by Crippen LogP contribution is -2.33. The molecule has 7 nitrogen and oxygen atoms in total. The van der Waals surface area contributed by atoms with Gasteiger partial charge in [-0.15, -0.1) is 0 Å². The molecule has 2 heterocycles. The van der Waals surface area contributed by atoms with E-state index in [1.165, 1.54) is 0 Å². The van der Waals surface area contributed by atoms with Crippen LogP contribution in [0.1, 0.15) is 24.4 Å². The molecule has 0 amide bonds. The van der Waals surface area contributed by atoms with Crippen LogP contribution in [0, 0.1) is 10.1 Å². The average molecular weight is 354 g/mol. The van der Waals surface area contributed by atoms with E-state index in [-0.39, 0.29) is 11.5 Å². The number of furan rings is 1. The fraction of sp³-hybridized carbons (Fsp3) is 0.688. The summed E-state index contributed by atoms with van der Waals surface area (Å²) in [5.41, 5.74) is 0. The third-order valence-corrected chi connectivity index (χ3v) is 4.67. The van der Waals surface area contributed by atoms with Crippen molar-refractivity contribution in [2.75, 3.05) is 46.0 Å². The monoisotopic (exact) mass is 354 g/mol. The Morgan fingerprint density at radius 1 is 1.38 bits per heavy atom. The number of aliphatic imine (C=N–C) groups is 1. The summed E-state index contributed by atoms with van der Waals surface area (Å²) in [4.78, 5) is 19.1. The first-order chi connectivity index (χ1) is 11.5. The molecule has 1 aliphatic rings. The van der Waals surface area contributed by atoms with Crippen LogP contribution in [0.3, 0.4) is 0 Å². The SMILES string of the molecule is CN(C)Cc1ccc(CSCCN=C(C[N+](=O)[O-])N2CCCC2)o1. The minimum Gasteiger partial charge on any atom is -0.464 e. The van der Waals surface area contributed by atoms with Crippen molar-refractivity contribution in [3.63, 3.8) is 0 Å². The van der Waals surface area contributed by atoms with Gasteiger partial charge in [0.1, 0.15) is 11.5 Å². The Bertz CT molecular complexity index is 553. The number of likely N-dealkylation sites (tertiary alicyclic amines) is 1. The Morgan fingerprint density at radius 3 is 2.75 bits per heavy atom. The third kappa shape index (κ3) is 6.52. The van der Waals surface area contributed by atoms with E-state index in [1.54, 1.807) is 11.8 Å². The molecule has 24 heavy (non-hydrogen) atoms. The summed E-state index contributed by atoms with van der Waals surface area (Å²) in [5, 5.41) is 10.8. The molecule has 0 bridgehead atoms. The van der Waals surface area contributed by atoms with Crippen LogP contribution < -0.4 is 0 Å². The van der Waals surface area contributed by atoms with Gasteiger partial charge in [0.05, 0.1) is 18.8 Å². The van der Waals surface area contributed by atoms with Crippen molar-refractivity contribution >= 4 is 17.6 Å². The molecule has 1 saturated heterocycles. The Balaban J connectivity index is 1.73. The number of amidine groups is 1. The first-order valence-corrected chi connectivity index (χ1v) is 9.40. The largest absolute Gasteiger partial charge is 0.464 e. The molecule has 0 spiro atoms. The highest BCUT2D eigenvalue weighted by molar-refractivity contribution is 7.98. The fourth-order valence-corrected chi connectivity index (χ4v) is 3.37. The second-order valence-corrected chi connectivity index (χ2v) is 7.25. The highest BCUT2D eigenvalue weighted by Gasteiger charge is 2.19. The molecule has 0 unspecified atom stereocenters. The fourth-order valence-electron chi connectivity index (χ4n) is 2.65. The molecule has 134 valence electrons. The van der Waals surface area contributed by atoms with Crippen molar-refractivity contribution in [3.8, 4) is 0 Å². The molecular weight excluding hydrogens is 328 g/mol. The molecule has 1 aromatic heterocycles. The van der Waals surface area contributed by atoms with E-state index in [9.17, 15) is 10.1 Å².